The normalized spacial score (nSPS) is 21.4. The lowest BCUT2D eigenvalue weighted by atomic mass is 10.1. The van der Waals surface area contributed by atoms with Crippen LogP contribution in [0.15, 0.2) is 60.7 Å². The van der Waals surface area contributed by atoms with Crippen molar-refractivity contribution in [1.29, 1.82) is 0 Å². The molecule has 1 aliphatic heterocycles. The molecule has 0 N–H and O–H groups in total. The molecule has 0 aromatic heterocycles. The molecule has 2 atom stereocenters. The second kappa shape index (κ2) is 4.45. The molecule has 1 heterocycles. The average molecular weight is 220 g/mol. The van der Waals surface area contributed by atoms with Crippen molar-refractivity contribution < 1.29 is 4.74 Å². The minimum absolute atomic E-state index is 0.0533. The lowest BCUT2D eigenvalue weighted by Crippen LogP contribution is -1.84. The number of benzene rings is 2. The van der Waals surface area contributed by atoms with Crippen molar-refractivity contribution in [2.75, 3.05) is 0 Å². The molecule has 0 radical (unpaired) electrons. The van der Waals surface area contributed by atoms with Crippen LogP contribution in [-0.4, -0.2) is 6.10 Å². The number of rotatable bonds is 1. The molecule has 0 amide bonds. The van der Waals surface area contributed by atoms with Gasteiger partial charge in [-0.1, -0.05) is 60.4 Å². The molecule has 0 bridgehead atoms. The van der Waals surface area contributed by atoms with E-state index < -0.39 is 0 Å². The third-order valence-corrected chi connectivity index (χ3v) is 2.75. The second-order valence-electron chi connectivity index (χ2n) is 4.02. The van der Waals surface area contributed by atoms with Crippen LogP contribution in [0.5, 0.6) is 0 Å². The third kappa shape index (κ3) is 2.38. The van der Waals surface area contributed by atoms with Gasteiger partial charge in [0.15, 0.2) is 0 Å². The van der Waals surface area contributed by atoms with E-state index in [9.17, 15) is 0 Å². The van der Waals surface area contributed by atoms with Gasteiger partial charge in [0, 0.05) is 5.56 Å². The van der Waals surface area contributed by atoms with Gasteiger partial charge in [0.2, 0.25) is 0 Å². The molecule has 1 fully saturated rings. The predicted molar refractivity (Wildman–Crippen MR) is 67.4 cm³/mol. The highest BCUT2D eigenvalue weighted by atomic mass is 16.6. The summed E-state index contributed by atoms with van der Waals surface area (Å²) in [5.74, 6) is 6.28. The van der Waals surface area contributed by atoms with E-state index in [2.05, 4.69) is 24.0 Å². The summed E-state index contributed by atoms with van der Waals surface area (Å²) in [6.07, 6.45) is 0.213. The minimum Gasteiger partial charge on any atom is -0.351 e. The second-order valence-corrected chi connectivity index (χ2v) is 4.02. The van der Waals surface area contributed by atoms with Crippen LogP contribution in [0.2, 0.25) is 0 Å². The Kier molecular flexibility index (Phi) is 2.65. The molecule has 82 valence electrons. The molecule has 1 heteroatoms. The first kappa shape index (κ1) is 10.1. The van der Waals surface area contributed by atoms with Gasteiger partial charge in [0.1, 0.15) is 12.2 Å². The summed E-state index contributed by atoms with van der Waals surface area (Å²) in [6, 6.07) is 20.2. The van der Waals surface area contributed by atoms with Crippen molar-refractivity contribution in [2.24, 2.45) is 0 Å². The Hall–Kier alpha value is -2.04. The van der Waals surface area contributed by atoms with E-state index in [-0.39, 0.29) is 12.2 Å². The fourth-order valence-corrected chi connectivity index (χ4v) is 1.79. The largest absolute Gasteiger partial charge is 0.351 e. The van der Waals surface area contributed by atoms with Crippen LogP contribution < -0.4 is 0 Å². The maximum Gasteiger partial charge on any atom is 0.149 e. The zero-order valence-electron chi connectivity index (χ0n) is 9.34. The van der Waals surface area contributed by atoms with Gasteiger partial charge in [-0.15, -0.1) is 0 Å². The summed E-state index contributed by atoms with van der Waals surface area (Å²) in [6.45, 7) is 0. The van der Waals surface area contributed by atoms with E-state index in [1.165, 1.54) is 5.56 Å². The molecular weight excluding hydrogens is 208 g/mol. The van der Waals surface area contributed by atoms with E-state index in [1.807, 2.05) is 48.5 Å². The highest BCUT2D eigenvalue weighted by molar-refractivity contribution is 5.37. The molecule has 0 saturated carbocycles. The fraction of sp³-hybridized carbons (Fsp3) is 0.125. The fourth-order valence-electron chi connectivity index (χ4n) is 1.79. The summed E-state index contributed by atoms with van der Waals surface area (Å²) in [4.78, 5) is 0. The van der Waals surface area contributed by atoms with Gasteiger partial charge < -0.3 is 4.74 Å². The van der Waals surface area contributed by atoms with E-state index >= 15 is 0 Å². The van der Waals surface area contributed by atoms with Crippen molar-refractivity contribution in [2.45, 2.75) is 12.2 Å². The van der Waals surface area contributed by atoms with Gasteiger partial charge >= 0.3 is 0 Å². The van der Waals surface area contributed by atoms with E-state index in [1.54, 1.807) is 0 Å². The molecule has 3 rings (SSSR count). The average Bonchev–Trinajstić information content (AvgIpc) is 3.18. The van der Waals surface area contributed by atoms with Crippen molar-refractivity contribution in [3.63, 3.8) is 0 Å². The number of hydrogen-bond donors (Lipinski definition) is 0. The van der Waals surface area contributed by atoms with Crippen LogP contribution in [-0.2, 0) is 4.74 Å². The monoisotopic (exact) mass is 220 g/mol. The van der Waals surface area contributed by atoms with Crippen molar-refractivity contribution in [1.82, 2.24) is 0 Å². The zero-order valence-corrected chi connectivity index (χ0v) is 9.34. The molecule has 2 aromatic carbocycles. The lowest BCUT2D eigenvalue weighted by Gasteiger charge is -1.91. The Morgan fingerprint density at radius 1 is 0.824 bits per heavy atom. The SMILES string of the molecule is C(#C[C@H]1O[C@H]1c1ccccc1)c1ccccc1. The van der Waals surface area contributed by atoms with Crippen LogP contribution in [0.4, 0.5) is 0 Å². The highest BCUT2D eigenvalue weighted by Gasteiger charge is 2.38. The predicted octanol–water partition coefficient (Wildman–Crippen LogP) is 3.18. The Balaban J connectivity index is 1.69. The Bertz CT molecular complexity index is 548. The quantitative estimate of drug-likeness (QED) is 0.531. The molecule has 1 saturated heterocycles. The van der Waals surface area contributed by atoms with Crippen LogP contribution in [0.25, 0.3) is 0 Å². The lowest BCUT2D eigenvalue weighted by molar-refractivity contribution is 0.397. The van der Waals surface area contributed by atoms with Crippen LogP contribution in [0.3, 0.4) is 0 Å². The van der Waals surface area contributed by atoms with Gasteiger partial charge in [0.05, 0.1) is 0 Å². The van der Waals surface area contributed by atoms with Crippen molar-refractivity contribution >= 4 is 0 Å². The molecule has 0 aliphatic carbocycles. The molecule has 1 aliphatic rings. The number of hydrogen-bond acceptors (Lipinski definition) is 1. The van der Waals surface area contributed by atoms with Crippen molar-refractivity contribution in [3.05, 3.63) is 71.8 Å². The number of epoxide rings is 1. The van der Waals surface area contributed by atoms with Gasteiger partial charge in [-0.25, -0.2) is 0 Å². The summed E-state index contributed by atoms with van der Waals surface area (Å²) >= 11 is 0. The Morgan fingerprint density at radius 3 is 2.18 bits per heavy atom. The molecule has 0 spiro atoms. The Morgan fingerprint density at radius 2 is 1.47 bits per heavy atom. The van der Waals surface area contributed by atoms with E-state index in [0.717, 1.165) is 5.56 Å². The van der Waals surface area contributed by atoms with Crippen LogP contribution >= 0.6 is 0 Å². The Labute approximate surface area is 101 Å². The van der Waals surface area contributed by atoms with Crippen molar-refractivity contribution in [3.8, 4) is 11.8 Å². The topological polar surface area (TPSA) is 12.5 Å². The molecule has 1 nitrogen and oxygen atoms in total. The van der Waals surface area contributed by atoms with Gasteiger partial charge in [-0.3, -0.25) is 0 Å². The third-order valence-electron chi connectivity index (χ3n) is 2.75. The molecule has 2 aromatic rings. The molecule has 17 heavy (non-hydrogen) atoms. The standard InChI is InChI=1S/C16H12O/c1-3-7-13(8-4-1)11-12-15-16(17-15)14-9-5-2-6-10-14/h1-10,15-16H/t15-,16+/m1/s1. The van der Waals surface area contributed by atoms with Gasteiger partial charge in [-0.2, -0.15) is 0 Å². The summed E-state index contributed by atoms with van der Waals surface area (Å²) < 4.78 is 5.55. The summed E-state index contributed by atoms with van der Waals surface area (Å²) in [5.41, 5.74) is 2.25. The zero-order chi connectivity index (χ0) is 11.5. The van der Waals surface area contributed by atoms with Gasteiger partial charge in [-0.05, 0) is 17.7 Å². The van der Waals surface area contributed by atoms with E-state index in [0.29, 0.717) is 0 Å². The minimum atomic E-state index is 0.0533. The first-order valence-electron chi connectivity index (χ1n) is 5.70. The maximum absolute atomic E-state index is 5.55. The highest BCUT2D eigenvalue weighted by Crippen LogP contribution is 2.37. The van der Waals surface area contributed by atoms with Crippen LogP contribution in [0, 0.1) is 11.8 Å². The van der Waals surface area contributed by atoms with E-state index in [4.69, 9.17) is 4.74 Å². The van der Waals surface area contributed by atoms with Gasteiger partial charge in [0.25, 0.3) is 0 Å². The van der Waals surface area contributed by atoms with Crippen LogP contribution in [0.1, 0.15) is 17.2 Å². The first-order chi connectivity index (χ1) is 8.43. The first-order valence-corrected chi connectivity index (χ1v) is 5.70. The smallest absolute Gasteiger partial charge is 0.149 e. The molecule has 0 unspecified atom stereocenters. The summed E-state index contributed by atoms with van der Waals surface area (Å²) in [5, 5.41) is 0. The summed E-state index contributed by atoms with van der Waals surface area (Å²) in [7, 11) is 0. The molecular formula is C16H12O. The number of ether oxygens (including phenoxy) is 1. The maximum atomic E-state index is 5.55.